The maximum atomic E-state index is 12.3. The zero-order valence-electron chi connectivity index (χ0n) is 18.0. The van der Waals surface area contributed by atoms with Crippen LogP contribution in [-0.4, -0.2) is 49.9 Å². The van der Waals surface area contributed by atoms with Crippen molar-refractivity contribution in [3.63, 3.8) is 0 Å². The molecule has 2 saturated heterocycles. The van der Waals surface area contributed by atoms with Crippen LogP contribution in [0.5, 0.6) is 5.75 Å². The quantitative estimate of drug-likeness (QED) is 0.768. The van der Waals surface area contributed by atoms with E-state index in [0.717, 1.165) is 57.6 Å². The summed E-state index contributed by atoms with van der Waals surface area (Å²) in [5.74, 6) is 0.742. The molecule has 1 aromatic carbocycles. The molecule has 28 heavy (non-hydrogen) atoms. The Balaban J connectivity index is 1.58. The van der Waals surface area contributed by atoms with Gasteiger partial charge in [-0.25, -0.2) is 4.79 Å². The van der Waals surface area contributed by atoms with E-state index < -0.39 is 5.60 Å². The fourth-order valence-corrected chi connectivity index (χ4v) is 4.43. The van der Waals surface area contributed by atoms with Crippen molar-refractivity contribution in [3.05, 3.63) is 17.7 Å². The number of hydrogen-bond acceptors (Lipinski definition) is 5. The van der Waals surface area contributed by atoms with Gasteiger partial charge in [0.05, 0.1) is 12.8 Å². The smallest absolute Gasteiger partial charge is 0.410 e. The summed E-state index contributed by atoms with van der Waals surface area (Å²) in [7, 11) is 1.66. The SMILES string of the molecule is COc1cc(N2CCC3(CCN(C(=O)OC(C)(C)C)CC3)CC2)c(C)cc1N. The van der Waals surface area contributed by atoms with E-state index in [1.165, 1.54) is 11.3 Å². The van der Waals surface area contributed by atoms with E-state index in [-0.39, 0.29) is 6.09 Å². The summed E-state index contributed by atoms with van der Waals surface area (Å²) >= 11 is 0. The lowest BCUT2D eigenvalue weighted by Crippen LogP contribution is -2.49. The largest absolute Gasteiger partial charge is 0.495 e. The van der Waals surface area contributed by atoms with Gasteiger partial charge >= 0.3 is 6.09 Å². The van der Waals surface area contributed by atoms with Crippen molar-refractivity contribution in [2.75, 3.05) is 43.9 Å². The van der Waals surface area contributed by atoms with Crippen LogP contribution < -0.4 is 15.4 Å². The van der Waals surface area contributed by atoms with Gasteiger partial charge in [0, 0.05) is 37.9 Å². The highest BCUT2D eigenvalue weighted by molar-refractivity contribution is 5.68. The first kappa shape index (κ1) is 20.6. The fraction of sp³-hybridized carbons (Fsp3) is 0.682. The third-order valence-electron chi connectivity index (χ3n) is 6.19. The number of aryl methyl sites for hydroxylation is 1. The Morgan fingerprint density at radius 1 is 1.07 bits per heavy atom. The number of anilines is 2. The summed E-state index contributed by atoms with van der Waals surface area (Å²) in [5.41, 5.74) is 9.04. The molecular formula is C22H35N3O3. The summed E-state index contributed by atoms with van der Waals surface area (Å²) in [6.45, 7) is 11.5. The number of nitrogens with zero attached hydrogens (tertiary/aromatic N) is 2. The van der Waals surface area contributed by atoms with Gasteiger partial charge in [-0.1, -0.05) is 0 Å². The predicted octanol–water partition coefficient (Wildman–Crippen LogP) is 4.20. The molecule has 2 N–H and O–H groups in total. The van der Waals surface area contributed by atoms with Crippen molar-refractivity contribution in [1.29, 1.82) is 0 Å². The van der Waals surface area contributed by atoms with Crippen LogP contribution in [0.15, 0.2) is 12.1 Å². The molecule has 2 fully saturated rings. The van der Waals surface area contributed by atoms with Crippen LogP contribution in [0.4, 0.5) is 16.2 Å². The second-order valence-corrected chi connectivity index (χ2v) is 9.34. The summed E-state index contributed by atoms with van der Waals surface area (Å²) in [6.07, 6.45) is 4.25. The second-order valence-electron chi connectivity index (χ2n) is 9.34. The zero-order valence-corrected chi connectivity index (χ0v) is 18.0. The number of carbonyl (C=O) groups excluding carboxylic acids is 1. The van der Waals surface area contributed by atoms with Gasteiger partial charge in [-0.3, -0.25) is 0 Å². The highest BCUT2D eigenvalue weighted by Gasteiger charge is 2.39. The van der Waals surface area contributed by atoms with Gasteiger partial charge in [0.2, 0.25) is 0 Å². The molecule has 2 heterocycles. The van der Waals surface area contributed by atoms with Crippen LogP contribution in [0.3, 0.4) is 0 Å². The normalized spacial score (nSPS) is 19.6. The molecule has 0 aromatic heterocycles. The molecule has 0 radical (unpaired) electrons. The Labute approximate surface area is 169 Å². The lowest BCUT2D eigenvalue weighted by molar-refractivity contribution is 0.00666. The zero-order chi connectivity index (χ0) is 20.5. The first-order valence-corrected chi connectivity index (χ1v) is 10.3. The molecule has 6 heteroatoms. The maximum absolute atomic E-state index is 12.3. The van der Waals surface area contributed by atoms with E-state index in [0.29, 0.717) is 11.1 Å². The molecule has 0 bridgehead atoms. The number of rotatable bonds is 2. The Hall–Kier alpha value is -2.11. The molecule has 1 amide bonds. The number of carbonyl (C=O) groups is 1. The average Bonchev–Trinajstić information content (AvgIpc) is 2.62. The van der Waals surface area contributed by atoms with Crippen molar-refractivity contribution < 1.29 is 14.3 Å². The highest BCUT2D eigenvalue weighted by atomic mass is 16.6. The van der Waals surface area contributed by atoms with Crippen LogP contribution in [0.25, 0.3) is 0 Å². The van der Waals surface area contributed by atoms with E-state index in [9.17, 15) is 4.79 Å². The molecule has 2 aliphatic heterocycles. The number of benzene rings is 1. The lowest BCUT2D eigenvalue weighted by atomic mass is 9.71. The molecule has 3 rings (SSSR count). The Bertz CT molecular complexity index is 708. The third kappa shape index (κ3) is 4.47. The monoisotopic (exact) mass is 389 g/mol. The summed E-state index contributed by atoms with van der Waals surface area (Å²) in [6, 6.07) is 4.06. The van der Waals surface area contributed by atoms with Gasteiger partial charge in [-0.15, -0.1) is 0 Å². The van der Waals surface area contributed by atoms with Crippen LogP contribution in [0, 0.1) is 12.3 Å². The number of hydrogen-bond donors (Lipinski definition) is 1. The van der Waals surface area contributed by atoms with Crippen LogP contribution >= 0.6 is 0 Å². The van der Waals surface area contributed by atoms with Crippen molar-refractivity contribution in [2.45, 2.75) is 59.0 Å². The van der Waals surface area contributed by atoms with Gasteiger partial charge in [-0.05, 0) is 70.4 Å². The molecule has 0 atom stereocenters. The minimum absolute atomic E-state index is 0.176. The topological polar surface area (TPSA) is 68.0 Å². The number of nitrogen functional groups attached to an aromatic ring is 1. The van der Waals surface area contributed by atoms with Gasteiger partial charge in [-0.2, -0.15) is 0 Å². The van der Waals surface area contributed by atoms with E-state index >= 15 is 0 Å². The van der Waals surface area contributed by atoms with Gasteiger partial charge in [0.15, 0.2) is 0 Å². The number of methoxy groups -OCH3 is 1. The molecule has 2 aliphatic rings. The number of nitrogens with two attached hydrogens (primary N) is 1. The minimum atomic E-state index is -0.435. The van der Waals surface area contributed by atoms with Gasteiger partial charge in [0.1, 0.15) is 11.4 Å². The van der Waals surface area contributed by atoms with Crippen LogP contribution in [0.1, 0.15) is 52.0 Å². The highest BCUT2D eigenvalue weighted by Crippen LogP contribution is 2.43. The molecule has 0 aliphatic carbocycles. The maximum Gasteiger partial charge on any atom is 0.410 e. The van der Waals surface area contributed by atoms with E-state index in [2.05, 4.69) is 17.9 Å². The standard InChI is InChI=1S/C22H35N3O3/c1-16-14-17(23)19(27-5)15-18(16)24-10-6-22(7-11-24)8-12-25(13-9-22)20(26)28-21(2,3)4/h14-15H,6-13,23H2,1-5H3. The molecule has 1 aromatic rings. The molecule has 0 unspecified atom stereocenters. The third-order valence-corrected chi connectivity index (χ3v) is 6.19. The summed E-state index contributed by atoms with van der Waals surface area (Å²) in [5, 5.41) is 0. The predicted molar refractivity (Wildman–Crippen MR) is 113 cm³/mol. The Morgan fingerprint density at radius 3 is 2.18 bits per heavy atom. The van der Waals surface area contributed by atoms with Gasteiger partial charge in [0.25, 0.3) is 0 Å². The minimum Gasteiger partial charge on any atom is -0.495 e. The number of amides is 1. The van der Waals surface area contributed by atoms with Crippen molar-refractivity contribution in [3.8, 4) is 5.75 Å². The van der Waals surface area contributed by atoms with Crippen molar-refractivity contribution in [1.82, 2.24) is 4.90 Å². The van der Waals surface area contributed by atoms with E-state index in [4.69, 9.17) is 15.2 Å². The second kappa shape index (κ2) is 7.72. The van der Waals surface area contributed by atoms with E-state index in [1.807, 2.05) is 31.7 Å². The molecule has 156 valence electrons. The summed E-state index contributed by atoms with van der Waals surface area (Å²) < 4.78 is 10.9. The summed E-state index contributed by atoms with van der Waals surface area (Å²) in [4.78, 5) is 16.6. The van der Waals surface area contributed by atoms with E-state index in [1.54, 1.807) is 7.11 Å². The van der Waals surface area contributed by atoms with Crippen molar-refractivity contribution >= 4 is 17.5 Å². The number of piperidine rings is 2. The fourth-order valence-electron chi connectivity index (χ4n) is 4.43. The Morgan fingerprint density at radius 2 is 1.64 bits per heavy atom. The Kier molecular flexibility index (Phi) is 5.69. The van der Waals surface area contributed by atoms with Gasteiger partial charge < -0.3 is 25.0 Å². The average molecular weight is 390 g/mol. The lowest BCUT2D eigenvalue weighted by Gasteiger charge is -2.47. The number of likely N-dealkylation sites (tertiary alicyclic amines) is 1. The number of ether oxygens (including phenoxy) is 2. The van der Waals surface area contributed by atoms with Crippen LogP contribution in [-0.2, 0) is 4.74 Å². The van der Waals surface area contributed by atoms with Crippen molar-refractivity contribution in [2.24, 2.45) is 5.41 Å². The molecule has 6 nitrogen and oxygen atoms in total. The molecule has 1 spiro atoms. The molecule has 0 saturated carbocycles. The first-order valence-electron chi connectivity index (χ1n) is 10.3. The first-order chi connectivity index (χ1) is 13.1. The van der Waals surface area contributed by atoms with Crippen LogP contribution in [0.2, 0.25) is 0 Å². The molecular weight excluding hydrogens is 354 g/mol.